The van der Waals surface area contributed by atoms with Crippen LogP contribution in [0.5, 0.6) is 11.5 Å². The molecule has 1 atom stereocenters. The number of H-pyrrole nitrogens is 1. The molecule has 0 spiro atoms. The molecule has 1 amide bonds. The molecule has 144 valence electrons. The Morgan fingerprint density at radius 3 is 3.04 bits per heavy atom. The summed E-state index contributed by atoms with van der Waals surface area (Å²) in [5.41, 5.74) is 1.29. The fourth-order valence-corrected chi connectivity index (χ4v) is 4.57. The molecule has 0 saturated carbocycles. The van der Waals surface area contributed by atoms with Crippen LogP contribution in [0.15, 0.2) is 23.4 Å². The molecule has 2 aliphatic rings. The van der Waals surface area contributed by atoms with Gasteiger partial charge in [-0.1, -0.05) is 24.8 Å². The number of nitrogens with zero attached hydrogens (tertiary/aromatic N) is 3. The summed E-state index contributed by atoms with van der Waals surface area (Å²) < 4.78 is 10.9. The smallest absolute Gasteiger partial charge is 0.233 e. The maximum atomic E-state index is 12.7. The number of aromatic amines is 1. The Hall–Kier alpha value is -2.22. The van der Waals surface area contributed by atoms with E-state index in [1.807, 2.05) is 17.9 Å². The van der Waals surface area contributed by atoms with Gasteiger partial charge in [0.2, 0.25) is 17.9 Å². The van der Waals surface area contributed by atoms with Crippen molar-refractivity contribution < 1.29 is 14.3 Å². The number of piperidine rings is 1. The molecular weight excluding hydrogens is 364 g/mol. The highest BCUT2D eigenvalue weighted by atomic mass is 32.2. The number of likely N-dealkylation sites (tertiary alicyclic amines) is 1. The summed E-state index contributed by atoms with van der Waals surface area (Å²) in [5.74, 6) is 2.91. The number of hydrogen-bond acceptors (Lipinski definition) is 6. The number of ether oxygens (including phenoxy) is 2. The number of amides is 1. The Morgan fingerprint density at radius 2 is 2.22 bits per heavy atom. The van der Waals surface area contributed by atoms with Crippen LogP contribution >= 0.6 is 11.8 Å². The molecule has 0 radical (unpaired) electrons. The third-order valence-electron chi connectivity index (χ3n) is 5.10. The summed E-state index contributed by atoms with van der Waals surface area (Å²) in [5, 5.41) is 7.51. The number of carbonyl (C=O) groups excluding carboxylic acids is 1. The summed E-state index contributed by atoms with van der Waals surface area (Å²) in [6.07, 6.45) is 3.05. The molecule has 0 unspecified atom stereocenters. The minimum Gasteiger partial charge on any atom is -0.454 e. The molecule has 0 bridgehead atoms. The second-order valence-electron chi connectivity index (χ2n) is 7.59. The molecule has 4 rings (SSSR count). The average Bonchev–Trinajstić information content (AvgIpc) is 3.27. The van der Waals surface area contributed by atoms with Gasteiger partial charge in [-0.15, -0.1) is 5.10 Å². The zero-order valence-corrected chi connectivity index (χ0v) is 16.5. The lowest BCUT2D eigenvalue weighted by molar-refractivity contribution is -0.131. The SMILES string of the molecule is Cc1nc(SCC(=O)N2CCC[C@@](C)(Cc3ccc4c(c3)OCO4)C2)n[nH]1. The Morgan fingerprint density at radius 1 is 1.37 bits per heavy atom. The van der Waals surface area contributed by atoms with Gasteiger partial charge in [0, 0.05) is 13.1 Å². The molecule has 1 N–H and O–H groups in total. The molecule has 1 aromatic carbocycles. The maximum Gasteiger partial charge on any atom is 0.233 e. The van der Waals surface area contributed by atoms with Crippen LogP contribution in [0.4, 0.5) is 0 Å². The van der Waals surface area contributed by atoms with Crippen LogP contribution in [0.25, 0.3) is 0 Å². The van der Waals surface area contributed by atoms with Crippen molar-refractivity contribution in [3.05, 3.63) is 29.6 Å². The molecule has 0 aliphatic carbocycles. The van der Waals surface area contributed by atoms with Crippen molar-refractivity contribution in [1.82, 2.24) is 20.1 Å². The van der Waals surface area contributed by atoms with E-state index in [9.17, 15) is 4.79 Å². The average molecular weight is 388 g/mol. The number of aromatic nitrogens is 3. The lowest BCUT2D eigenvalue weighted by Gasteiger charge is -2.40. The maximum absolute atomic E-state index is 12.7. The minimum absolute atomic E-state index is 0.0629. The molecule has 7 nitrogen and oxygen atoms in total. The van der Waals surface area contributed by atoms with Crippen LogP contribution in [0.1, 0.15) is 31.2 Å². The van der Waals surface area contributed by atoms with Gasteiger partial charge in [-0.2, -0.15) is 0 Å². The molecule has 2 aliphatic heterocycles. The number of fused-ring (bicyclic) bond motifs is 1. The van der Waals surface area contributed by atoms with Gasteiger partial charge >= 0.3 is 0 Å². The largest absolute Gasteiger partial charge is 0.454 e. The Labute approximate surface area is 162 Å². The third kappa shape index (κ3) is 4.21. The van der Waals surface area contributed by atoms with Crippen molar-refractivity contribution >= 4 is 17.7 Å². The minimum atomic E-state index is 0.0629. The number of rotatable bonds is 5. The zero-order valence-electron chi connectivity index (χ0n) is 15.7. The molecule has 8 heteroatoms. The highest BCUT2D eigenvalue weighted by molar-refractivity contribution is 7.99. The lowest BCUT2D eigenvalue weighted by Crippen LogP contribution is -2.46. The normalized spacial score (nSPS) is 21.5. The zero-order chi connectivity index (χ0) is 18.9. The highest BCUT2D eigenvalue weighted by Crippen LogP contribution is 2.37. The van der Waals surface area contributed by atoms with E-state index in [2.05, 4.69) is 34.2 Å². The van der Waals surface area contributed by atoms with Gasteiger partial charge in [0.15, 0.2) is 11.5 Å². The van der Waals surface area contributed by atoms with E-state index in [0.717, 1.165) is 49.7 Å². The van der Waals surface area contributed by atoms with Gasteiger partial charge in [-0.25, -0.2) is 4.98 Å². The van der Waals surface area contributed by atoms with Crippen LogP contribution in [-0.4, -0.2) is 51.6 Å². The van der Waals surface area contributed by atoms with E-state index in [0.29, 0.717) is 17.7 Å². The van der Waals surface area contributed by atoms with Crippen LogP contribution < -0.4 is 9.47 Å². The van der Waals surface area contributed by atoms with Crippen LogP contribution in [-0.2, 0) is 11.2 Å². The number of thioether (sulfide) groups is 1. The summed E-state index contributed by atoms with van der Waals surface area (Å²) in [4.78, 5) is 18.9. The molecule has 1 aromatic heterocycles. The number of aryl methyl sites for hydroxylation is 1. The first-order chi connectivity index (χ1) is 13.0. The van der Waals surface area contributed by atoms with Crippen molar-refractivity contribution in [3.8, 4) is 11.5 Å². The molecule has 27 heavy (non-hydrogen) atoms. The van der Waals surface area contributed by atoms with E-state index in [-0.39, 0.29) is 11.3 Å². The predicted molar refractivity (Wildman–Crippen MR) is 102 cm³/mol. The Balaban J connectivity index is 1.36. The molecule has 1 fully saturated rings. The first kappa shape index (κ1) is 18.2. The highest BCUT2D eigenvalue weighted by Gasteiger charge is 2.33. The van der Waals surface area contributed by atoms with E-state index in [4.69, 9.17) is 9.47 Å². The van der Waals surface area contributed by atoms with Crippen LogP contribution in [0.3, 0.4) is 0 Å². The van der Waals surface area contributed by atoms with Crippen molar-refractivity contribution in [2.45, 2.75) is 38.3 Å². The Kier molecular flexibility index (Phi) is 4.99. The number of carbonyl (C=O) groups is 1. The number of nitrogens with one attached hydrogen (secondary N) is 1. The predicted octanol–water partition coefficient (Wildman–Crippen LogP) is 2.81. The van der Waals surface area contributed by atoms with Gasteiger partial charge in [-0.05, 0) is 49.3 Å². The molecule has 2 aromatic rings. The van der Waals surface area contributed by atoms with Crippen molar-refractivity contribution in [1.29, 1.82) is 0 Å². The summed E-state index contributed by atoms with van der Waals surface area (Å²) in [7, 11) is 0. The lowest BCUT2D eigenvalue weighted by atomic mass is 9.77. The first-order valence-electron chi connectivity index (χ1n) is 9.19. The first-order valence-corrected chi connectivity index (χ1v) is 10.2. The van der Waals surface area contributed by atoms with Gasteiger partial charge in [0.25, 0.3) is 0 Å². The van der Waals surface area contributed by atoms with E-state index in [1.54, 1.807) is 0 Å². The topological polar surface area (TPSA) is 80.3 Å². The molecule has 1 saturated heterocycles. The Bertz CT molecular complexity index is 840. The third-order valence-corrected chi connectivity index (χ3v) is 5.94. The van der Waals surface area contributed by atoms with E-state index >= 15 is 0 Å². The van der Waals surface area contributed by atoms with Gasteiger partial charge in [-0.3, -0.25) is 9.89 Å². The standard InChI is InChI=1S/C19H24N4O3S/c1-13-20-18(22-21-13)27-10-17(24)23-7-3-6-19(2,11-23)9-14-4-5-15-16(8-14)26-12-25-15/h4-5,8H,3,6-7,9-12H2,1-2H3,(H,20,21,22)/t19-/m0/s1. The fourth-order valence-electron chi connectivity index (χ4n) is 3.82. The second kappa shape index (κ2) is 7.42. The summed E-state index contributed by atoms with van der Waals surface area (Å²) >= 11 is 1.39. The van der Waals surface area contributed by atoms with Gasteiger partial charge in [0.05, 0.1) is 5.75 Å². The van der Waals surface area contributed by atoms with Crippen LogP contribution in [0.2, 0.25) is 0 Å². The number of hydrogen-bond donors (Lipinski definition) is 1. The fraction of sp³-hybridized carbons (Fsp3) is 0.526. The van der Waals surface area contributed by atoms with Crippen molar-refractivity contribution in [2.75, 3.05) is 25.6 Å². The van der Waals surface area contributed by atoms with E-state index < -0.39 is 0 Å². The van der Waals surface area contributed by atoms with E-state index in [1.165, 1.54) is 17.3 Å². The quantitative estimate of drug-likeness (QED) is 0.794. The van der Waals surface area contributed by atoms with Gasteiger partial charge in [0.1, 0.15) is 5.82 Å². The monoisotopic (exact) mass is 388 g/mol. The summed E-state index contributed by atoms with van der Waals surface area (Å²) in [6, 6.07) is 6.14. The van der Waals surface area contributed by atoms with Crippen molar-refractivity contribution in [3.63, 3.8) is 0 Å². The van der Waals surface area contributed by atoms with Crippen molar-refractivity contribution in [2.24, 2.45) is 5.41 Å². The van der Waals surface area contributed by atoms with Crippen LogP contribution in [0, 0.1) is 12.3 Å². The summed E-state index contributed by atoms with van der Waals surface area (Å²) in [6.45, 7) is 6.01. The molecule has 3 heterocycles. The number of benzene rings is 1. The second-order valence-corrected chi connectivity index (χ2v) is 8.53. The van der Waals surface area contributed by atoms with Gasteiger partial charge < -0.3 is 14.4 Å². The molecular formula is C19H24N4O3S.